The van der Waals surface area contributed by atoms with Crippen LogP contribution in [0.2, 0.25) is 0 Å². The number of hydrogen-bond donors (Lipinski definition) is 1. The Balaban J connectivity index is 1.55. The summed E-state index contributed by atoms with van der Waals surface area (Å²) in [5.41, 5.74) is 2.61. The lowest BCUT2D eigenvalue weighted by molar-refractivity contribution is 0.166. The topological polar surface area (TPSA) is 45.6 Å². The molecular formula is C20H26N2O2. The normalized spacial score (nSPS) is 18.5. The summed E-state index contributed by atoms with van der Waals surface area (Å²) in [5, 5.41) is 8.87. The fraction of sp³-hybridized carbons (Fsp3) is 0.450. The highest BCUT2D eigenvalue weighted by molar-refractivity contribution is 5.28. The van der Waals surface area contributed by atoms with E-state index in [0.29, 0.717) is 12.5 Å². The molecule has 1 aromatic heterocycles. The van der Waals surface area contributed by atoms with E-state index >= 15 is 0 Å². The smallest absolute Gasteiger partial charge is 0.119 e. The zero-order chi connectivity index (χ0) is 16.6. The summed E-state index contributed by atoms with van der Waals surface area (Å²) in [6.45, 7) is 3.65. The highest BCUT2D eigenvalue weighted by Gasteiger charge is 2.20. The van der Waals surface area contributed by atoms with Crippen LogP contribution < -0.4 is 4.74 Å². The van der Waals surface area contributed by atoms with Crippen LogP contribution in [0, 0.1) is 5.92 Å². The highest BCUT2D eigenvalue weighted by Crippen LogP contribution is 2.23. The molecule has 1 aliphatic rings. The molecule has 2 heterocycles. The Labute approximate surface area is 144 Å². The van der Waals surface area contributed by atoms with Crippen molar-refractivity contribution in [1.29, 1.82) is 0 Å². The van der Waals surface area contributed by atoms with E-state index in [-0.39, 0.29) is 6.61 Å². The zero-order valence-electron chi connectivity index (χ0n) is 14.1. The number of nitrogens with zero attached hydrogens (tertiary/aromatic N) is 2. The lowest BCUT2D eigenvalue weighted by Crippen LogP contribution is -2.35. The maximum atomic E-state index is 8.87. The van der Waals surface area contributed by atoms with Gasteiger partial charge in [-0.3, -0.25) is 9.88 Å². The fourth-order valence-electron chi connectivity index (χ4n) is 3.47. The Bertz CT molecular complexity index is 618. The van der Waals surface area contributed by atoms with Gasteiger partial charge in [-0.25, -0.2) is 0 Å². The second-order valence-electron chi connectivity index (χ2n) is 6.53. The molecule has 4 nitrogen and oxygen atoms in total. The third-order valence-corrected chi connectivity index (χ3v) is 4.51. The maximum absolute atomic E-state index is 8.87. The number of benzene rings is 1. The van der Waals surface area contributed by atoms with Crippen molar-refractivity contribution in [3.05, 3.63) is 59.9 Å². The molecule has 1 fully saturated rings. The van der Waals surface area contributed by atoms with Gasteiger partial charge in [-0.15, -0.1) is 0 Å². The van der Waals surface area contributed by atoms with Crippen LogP contribution in [-0.2, 0) is 13.0 Å². The van der Waals surface area contributed by atoms with Crippen LogP contribution in [0.3, 0.4) is 0 Å². The molecule has 0 amide bonds. The van der Waals surface area contributed by atoms with E-state index in [1.54, 1.807) is 0 Å². The van der Waals surface area contributed by atoms with Crippen molar-refractivity contribution in [2.24, 2.45) is 5.92 Å². The zero-order valence-corrected chi connectivity index (χ0v) is 14.1. The second-order valence-corrected chi connectivity index (χ2v) is 6.53. The Kier molecular flexibility index (Phi) is 6.21. The van der Waals surface area contributed by atoms with Crippen LogP contribution in [0.25, 0.3) is 0 Å². The predicted octanol–water partition coefficient (Wildman–Crippen LogP) is 2.91. The van der Waals surface area contributed by atoms with Gasteiger partial charge in [0.05, 0.1) is 6.61 Å². The van der Waals surface area contributed by atoms with Crippen molar-refractivity contribution in [1.82, 2.24) is 9.88 Å². The van der Waals surface area contributed by atoms with Crippen molar-refractivity contribution in [3.63, 3.8) is 0 Å². The van der Waals surface area contributed by atoms with E-state index in [0.717, 1.165) is 31.8 Å². The number of hydrogen-bond acceptors (Lipinski definition) is 4. The van der Waals surface area contributed by atoms with Crippen LogP contribution in [0.15, 0.2) is 48.8 Å². The SMILES string of the molecule is OCCOc1cccc(CN2CCC[C@H](Cc3cccnc3)C2)c1. The van der Waals surface area contributed by atoms with Crippen LogP contribution in [0.4, 0.5) is 0 Å². The van der Waals surface area contributed by atoms with Crippen LogP contribution in [0.5, 0.6) is 5.75 Å². The molecule has 0 aliphatic carbocycles. The maximum Gasteiger partial charge on any atom is 0.119 e. The molecule has 1 aliphatic heterocycles. The van der Waals surface area contributed by atoms with Gasteiger partial charge >= 0.3 is 0 Å². The first-order valence-electron chi connectivity index (χ1n) is 8.77. The number of piperidine rings is 1. The quantitative estimate of drug-likeness (QED) is 0.850. The Morgan fingerprint density at radius 1 is 1.21 bits per heavy atom. The van der Waals surface area contributed by atoms with Gasteiger partial charge in [0.25, 0.3) is 0 Å². The molecule has 2 aromatic rings. The van der Waals surface area contributed by atoms with Crippen LogP contribution in [-0.4, -0.2) is 41.3 Å². The molecule has 1 N–H and O–H groups in total. The van der Waals surface area contributed by atoms with E-state index in [1.807, 2.05) is 30.6 Å². The third kappa shape index (κ3) is 5.05. The van der Waals surface area contributed by atoms with Crippen LogP contribution >= 0.6 is 0 Å². The van der Waals surface area contributed by atoms with E-state index in [9.17, 15) is 0 Å². The molecular weight excluding hydrogens is 300 g/mol. The van der Waals surface area contributed by atoms with Crippen molar-refractivity contribution >= 4 is 0 Å². The summed E-state index contributed by atoms with van der Waals surface area (Å²) >= 11 is 0. The van der Waals surface area contributed by atoms with Gasteiger partial charge in [0.1, 0.15) is 12.4 Å². The summed E-state index contributed by atoms with van der Waals surface area (Å²) in [6, 6.07) is 12.4. The van der Waals surface area contributed by atoms with Gasteiger partial charge in [0.2, 0.25) is 0 Å². The number of aromatic nitrogens is 1. The molecule has 3 rings (SSSR count). The number of pyridine rings is 1. The standard InChI is InChI=1S/C20H26N2O2/c23-10-11-24-20-7-1-4-19(13-20)16-22-9-3-6-18(15-22)12-17-5-2-8-21-14-17/h1-2,4-5,7-8,13-14,18,23H,3,6,9-12,15-16H2/t18-/m1/s1. The predicted molar refractivity (Wildman–Crippen MR) is 95.0 cm³/mol. The van der Waals surface area contributed by atoms with Gasteiger partial charge in [-0.1, -0.05) is 18.2 Å². The molecule has 0 bridgehead atoms. The molecule has 1 saturated heterocycles. The summed E-state index contributed by atoms with van der Waals surface area (Å²) in [6.07, 6.45) is 7.49. The lowest BCUT2D eigenvalue weighted by Gasteiger charge is -2.33. The molecule has 24 heavy (non-hydrogen) atoms. The summed E-state index contributed by atoms with van der Waals surface area (Å²) in [4.78, 5) is 6.76. The van der Waals surface area contributed by atoms with Gasteiger partial charge < -0.3 is 9.84 Å². The van der Waals surface area contributed by atoms with Gasteiger partial charge in [-0.05, 0) is 61.1 Å². The summed E-state index contributed by atoms with van der Waals surface area (Å²) in [7, 11) is 0. The number of ether oxygens (including phenoxy) is 1. The van der Waals surface area contributed by atoms with E-state index in [2.05, 4.69) is 28.1 Å². The van der Waals surface area contributed by atoms with E-state index in [1.165, 1.54) is 24.0 Å². The third-order valence-electron chi connectivity index (χ3n) is 4.51. The van der Waals surface area contributed by atoms with Crippen LogP contribution in [0.1, 0.15) is 24.0 Å². The average Bonchev–Trinajstić information content (AvgIpc) is 2.61. The molecule has 1 aromatic carbocycles. The van der Waals surface area contributed by atoms with Crippen molar-refractivity contribution in [2.75, 3.05) is 26.3 Å². The Hall–Kier alpha value is -1.91. The molecule has 0 saturated carbocycles. The minimum Gasteiger partial charge on any atom is -0.491 e. The fourth-order valence-corrected chi connectivity index (χ4v) is 3.47. The second kappa shape index (κ2) is 8.81. The number of rotatable bonds is 7. The first-order valence-corrected chi connectivity index (χ1v) is 8.77. The largest absolute Gasteiger partial charge is 0.491 e. The van der Waals surface area contributed by atoms with Crippen molar-refractivity contribution in [3.8, 4) is 5.75 Å². The molecule has 0 spiro atoms. The highest BCUT2D eigenvalue weighted by atomic mass is 16.5. The summed E-state index contributed by atoms with van der Waals surface area (Å²) < 4.78 is 5.51. The Morgan fingerprint density at radius 3 is 2.96 bits per heavy atom. The molecule has 128 valence electrons. The monoisotopic (exact) mass is 326 g/mol. The molecule has 4 heteroatoms. The van der Waals surface area contributed by atoms with Crippen molar-refractivity contribution < 1.29 is 9.84 Å². The van der Waals surface area contributed by atoms with E-state index < -0.39 is 0 Å². The molecule has 0 unspecified atom stereocenters. The minimum atomic E-state index is 0.0480. The average molecular weight is 326 g/mol. The Morgan fingerprint density at radius 2 is 2.12 bits per heavy atom. The molecule has 0 radical (unpaired) electrons. The molecule has 1 atom stereocenters. The lowest BCUT2D eigenvalue weighted by atomic mass is 9.91. The number of aliphatic hydroxyl groups is 1. The van der Waals surface area contributed by atoms with Gasteiger partial charge in [0, 0.05) is 25.5 Å². The number of aliphatic hydroxyl groups excluding tert-OH is 1. The summed E-state index contributed by atoms with van der Waals surface area (Å²) in [5.74, 6) is 1.54. The van der Waals surface area contributed by atoms with Gasteiger partial charge in [-0.2, -0.15) is 0 Å². The van der Waals surface area contributed by atoms with E-state index in [4.69, 9.17) is 9.84 Å². The first kappa shape index (κ1) is 16.9. The first-order chi connectivity index (χ1) is 11.8. The minimum absolute atomic E-state index is 0.0480. The van der Waals surface area contributed by atoms with Crippen molar-refractivity contribution in [2.45, 2.75) is 25.8 Å². The van der Waals surface area contributed by atoms with Gasteiger partial charge in [0.15, 0.2) is 0 Å². The number of likely N-dealkylation sites (tertiary alicyclic amines) is 1.